The van der Waals surface area contributed by atoms with Gasteiger partial charge in [0.2, 0.25) is 11.8 Å². The Morgan fingerprint density at radius 3 is 1.52 bits per heavy atom. The topological polar surface area (TPSA) is 117 Å². The average Bonchev–Trinajstić information content (AvgIpc) is 1.51. The number of alkyl halides is 6. The second-order valence-corrected chi connectivity index (χ2v) is 23.3. The van der Waals surface area contributed by atoms with Crippen molar-refractivity contribution in [3.8, 4) is 22.3 Å². The van der Waals surface area contributed by atoms with E-state index in [-0.39, 0.29) is 82.3 Å². The fraction of sp³-hybridized carbons (Fsp3) is 0.378. The van der Waals surface area contributed by atoms with Gasteiger partial charge in [-0.05, 0) is 164 Å². The molecule has 2 aliphatic rings. The van der Waals surface area contributed by atoms with Crippen LogP contribution < -0.4 is 11.1 Å². The molecule has 10 rings (SSSR count). The molecule has 8 aromatic rings. The summed E-state index contributed by atoms with van der Waals surface area (Å²) in [5, 5.41) is -0.992. The second-order valence-electron chi connectivity index (χ2n) is 21.4. The Balaban J connectivity index is 0.000000273. The van der Waals surface area contributed by atoms with Crippen LogP contribution in [0.4, 0.5) is 35.1 Å². The van der Waals surface area contributed by atoms with Gasteiger partial charge in [0.1, 0.15) is 24.6 Å². The molecule has 22 heteroatoms. The minimum absolute atomic E-state index is 0.000372. The molecule has 0 radical (unpaired) electrons. The van der Waals surface area contributed by atoms with Crippen LogP contribution >= 0.6 is 23.5 Å². The number of aromatic nitrogens is 4. The summed E-state index contributed by atoms with van der Waals surface area (Å²) in [4.78, 5) is 67.0. The standard InChI is InChI=1S/2C37H40F4N4O2S/c1-4-43(5-2)18-19-44(22-26-6-10-28(11-7-26)29-12-14-30(15-13-29)37(39,40)41)34(46)23-45-33-21-25(3)20-32(33)35(47)42-36(45)48-24-27-8-16-31(38)17-9-27;1-4-43(5-2)19-20-44(22-26-9-13-28(14-10-26)29-15-18-32(25(3)21-29)37(39,40)41)34(46)23-45-33-8-6-7-31(33)35(47)42-36(45)48-24-27-11-16-30(38)17-12-27/h6-17,25H,4-5,18-24H2,1-3H3;9-18,21H,4-8,19-20,22-24H2,1-3H3/i18D2,19D2,20D2,21D2,23D2,25D;9D,10D,13D,14D,15D,18D,19D2,20D2,21D,23D2. The molecule has 0 spiro atoms. The van der Waals surface area contributed by atoms with E-state index in [9.17, 15) is 65.3 Å². The van der Waals surface area contributed by atoms with Crippen molar-refractivity contribution in [1.82, 2.24) is 38.7 Å². The third-order valence-corrected chi connectivity index (χ3v) is 16.9. The smallest absolute Gasteiger partial charge is 0.336 e. The fourth-order valence-corrected chi connectivity index (χ4v) is 11.5. The molecule has 2 heterocycles. The molecule has 1 unspecified atom stereocenters. The monoisotopic (exact) mass is 1380 g/mol. The van der Waals surface area contributed by atoms with E-state index in [1.165, 1.54) is 100 Å². The van der Waals surface area contributed by atoms with E-state index in [4.69, 9.17) is 21.9 Å². The van der Waals surface area contributed by atoms with Crippen molar-refractivity contribution < 1.29 is 77.6 Å². The van der Waals surface area contributed by atoms with Gasteiger partial charge in [-0.1, -0.05) is 155 Å². The summed E-state index contributed by atoms with van der Waals surface area (Å²) >= 11 is 1.42. The quantitative estimate of drug-likeness (QED) is 0.0295. The van der Waals surface area contributed by atoms with Crippen LogP contribution in [0.5, 0.6) is 0 Å². The number of carbonyl (C=O) groups is 2. The summed E-state index contributed by atoms with van der Waals surface area (Å²) in [5.74, 6) is -7.64. The van der Waals surface area contributed by atoms with Crippen LogP contribution in [0.1, 0.15) is 135 Å². The number of carbonyl (C=O) groups excluding carboxylic acids is 2. The van der Waals surface area contributed by atoms with Gasteiger partial charge in [0, 0.05) is 85.4 Å². The number of rotatable bonds is 26. The van der Waals surface area contributed by atoms with E-state index < -0.39 is 210 Å². The highest BCUT2D eigenvalue weighted by Crippen LogP contribution is 2.36. The Labute approximate surface area is 597 Å². The molecule has 6 aromatic carbocycles. The van der Waals surface area contributed by atoms with Gasteiger partial charge in [0.05, 0.1) is 31.7 Å². The normalized spacial score (nSPS) is 20.0. The molecule has 1 atom stereocenters. The summed E-state index contributed by atoms with van der Waals surface area (Å²) < 4.78 is 324. The molecule has 2 amide bonds. The SMILES string of the molecule is [2H]C([2H])(C(=O)N(Cc1ccc(-c2ccc(C(F)(F)F)cc2)cc1)C([2H])([2H])C([2H])([2H])N(CC)CC)n1c(SCc2ccc(F)cc2)nc(=O)c2c1C([2H])([2H])C([2H])(C)C2([2H])[2H].[2H]c1c([2H])c(-c2c([2H])c([2H])c(C(F)(F)F)c(C)c2[2H])c([2H])c([2H])c1CN(C(=O)C([2H])([2H])n1c(SCc2ccc(F)cc2)nc(=O)c2c1CCC2)C([2H])([2H])C([2H])([2H])N(CC)CC. The summed E-state index contributed by atoms with van der Waals surface area (Å²) in [5.41, 5.74) is -7.88. The molecular weight excluding hydrogens is 1280 g/mol. The fourth-order valence-electron chi connectivity index (χ4n) is 9.63. The van der Waals surface area contributed by atoms with Crippen molar-refractivity contribution in [1.29, 1.82) is 0 Å². The number of hydrogen-bond donors (Lipinski definition) is 0. The van der Waals surface area contributed by atoms with Gasteiger partial charge in [0.25, 0.3) is 11.1 Å². The Bertz CT molecular complexity index is 5300. The van der Waals surface area contributed by atoms with Crippen LogP contribution in [-0.4, -0.2) is 103 Å². The predicted octanol–water partition coefficient (Wildman–Crippen LogP) is 15.0. The van der Waals surface area contributed by atoms with Crippen LogP contribution in [0, 0.1) is 24.5 Å². The van der Waals surface area contributed by atoms with Crippen LogP contribution in [0.2, 0.25) is 0 Å². The molecule has 12 nitrogen and oxygen atoms in total. The van der Waals surface area contributed by atoms with Crippen molar-refractivity contribution in [3.05, 3.63) is 233 Å². The minimum Gasteiger partial charge on any atom is -0.336 e. The summed E-state index contributed by atoms with van der Waals surface area (Å²) in [6.07, 6.45) is -15.4. The van der Waals surface area contributed by atoms with Crippen molar-refractivity contribution in [2.24, 2.45) is 5.89 Å². The number of halogens is 8. The lowest BCUT2D eigenvalue weighted by atomic mass is 9.98. The highest BCUT2D eigenvalue weighted by Gasteiger charge is 2.34. The molecule has 2 aromatic heterocycles. The van der Waals surface area contributed by atoms with Crippen molar-refractivity contribution in [2.45, 2.75) is 134 Å². The van der Waals surface area contributed by atoms with Crippen molar-refractivity contribution >= 4 is 35.3 Å². The lowest BCUT2D eigenvalue weighted by Gasteiger charge is -2.28. The first-order valence-electron chi connectivity index (χ1n) is 42.0. The van der Waals surface area contributed by atoms with Gasteiger partial charge in [0.15, 0.2) is 10.3 Å². The van der Waals surface area contributed by atoms with E-state index in [1.54, 1.807) is 0 Å². The number of amides is 2. The molecule has 0 N–H and O–H groups in total. The van der Waals surface area contributed by atoms with Crippen molar-refractivity contribution in [2.75, 3.05) is 52.2 Å². The van der Waals surface area contributed by atoms with E-state index in [2.05, 4.69) is 9.97 Å². The second kappa shape index (κ2) is 32.9. The van der Waals surface area contributed by atoms with E-state index in [1.807, 2.05) is 0 Å². The molecule has 0 saturated heterocycles. The Morgan fingerprint density at radius 2 is 1.03 bits per heavy atom. The molecule has 0 bridgehead atoms. The molecular formula is C74H80F8N8O4S2. The van der Waals surface area contributed by atoms with Crippen LogP contribution in [0.15, 0.2) is 159 Å². The molecule has 0 saturated carbocycles. The first-order valence-corrected chi connectivity index (χ1v) is 32.0. The third kappa shape index (κ3) is 19.0. The highest BCUT2D eigenvalue weighted by molar-refractivity contribution is 7.98. The first-order chi connectivity index (χ1) is 55.3. The van der Waals surface area contributed by atoms with Crippen LogP contribution in [-0.2, 0) is 85.1 Å². The Hall–Kier alpha value is -7.92. The first kappa shape index (κ1) is 46.3. The minimum atomic E-state index is -5.16. The maximum atomic E-state index is 14.9. The zero-order valence-electron chi connectivity index (χ0n) is 76.6. The number of fused-ring (bicyclic) bond motifs is 2. The van der Waals surface area contributed by atoms with Crippen LogP contribution in [0.3, 0.4) is 0 Å². The van der Waals surface area contributed by atoms with Gasteiger partial charge < -0.3 is 28.7 Å². The zero-order valence-corrected chi connectivity index (χ0v) is 54.2. The van der Waals surface area contributed by atoms with Gasteiger partial charge >= 0.3 is 12.4 Å². The van der Waals surface area contributed by atoms with Crippen LogP contribution in [0.25, 0.3) is 22.3 Å². The summed E-state index contributed by atoms with van der Waals surface area (Å²) in [6.45, 7) is -14.9. The molecule has 2 aliphatic carbocycles. The van der Waals surface area contributed by atoms with Crippen molar-refractivity contribution in [3.63, 3.8) is 0 Å². The van der Waals surface area contributed by atoms with Gasteiger partial charge in [-0.2, -0.15) is 36.3 Å². The average molecular weight is 1390 g/mol. The number of nitrogens with zero attached hydrogens (tertiary/aromatic N) is 8. The zero-order chi connectivity index (χ0) is 90.2. The molecule has 0 aliphatic heterocycles. The lowest BCUT2D eigenvalue weighted by molar-refractivity contribution is -0.138. The summed E-state index contributed by atoms with van der Waals surface area (Å²) in [7, 11) is 0. The van der Waals surface area contributed by atoms with E-state index >= 15 is 0 Å². The number of benzene rings is 6. The molecule has 0 fully saturated rings. The highest BCUT2D eigenvalue weighted by atomic mass is 32.2. The largest absolute Gasteiger partial charge is 0.416 e. The van der Waals surface area contributed by atoms with Gasteiger partial charge in [-0.25, -0.2) is 8.78 Å². The predicted molar refractivity (Wildman–Crippen MR) is 362 cm³/mol. The Kier molecular flexibility index (Phi) is 15.9. The molecule has 96 heavy (non-hydrogen) atoms. The third-order valence-electron chi connectivity index (χ3n) is 14.8. The van der Waals surface area contributed by atoms with E-state index in [0.29, 0.717) is 45.0 Å². The van der Waals surface area contributed by atoms with Gasteiger partial charge in [-0.15, -0.1) is 0 Å². The number of likely N-dealkylation sites (N-methyl/N-ethyl adjacent to an activating group) is 2. The molecule has 508 valence electrons. The number of thioether (sulfide) groups is 2. The van der Waals surface area contributed by atoms with E-state index in [0.717, 1.165) is 64.2 Å². The maximum absolute atomic E-state index is 14.9. The lowest BCUT2D eigenvalue weighted by Crippen LogP contribution is -2.40. The number of hydrogen-bond acceptors (Lipinski definition) is 10. The summed E-state index contributed by atoms with van der Waals surface area (Å²) in [6, 6.07) is 12.3. The van der Waals surface area contributed by atoms with Gasteiger partial charge in [-0.3, -0.25) is 19.2 Å². The maximum Gasteiger partial charge on any atom is 0.416 e. The Morgan fingerprint density at radius 1 is 0.573 bits per heavy atom.